The highest BCUT2D eigenvalue weighted by molar-refractivity contribution is 7.13. The largest absolute Gasteiger partial charge is 0.507 e. The molecule has 112 valence electrons. The van der Waals surface area contributed by atoms with E-state index < -0.39 is 5.97 Å². The van der Waals surface area contributed by atoms with Gasteiger partial charge in [-0.05, 0) is 36.1 Å². The number of benzene rings is 1. The van der Waals surface area contributed by atoms with Gasteiger partial charge in [-0.1, -0.05) is 17.3 Å². The van der Waals surface area contributed by atoms with Crippen molar-refractivity contribution in [1.82, 2.24) is 5.16 Å². The molecule has 3 rings (SSSR count). The van der Waals surface area contributed by atoms with Crippen LogP contribution in [0.2, 0.25) is 0 Å². The molecule has 1 N–H and O–H groups in total. The third kappa shape index (κ3) is 3.01. The van der Waals surface area contributed by atoms with Crippen LogP contribution >= 0.6 is 11.3 Å². The van der Waals surface area contributed by atoms with Crippen LogP contribution in [0.3, 0.4) is 0 Å². The molecule has 0 atom stereocenters. The summed E-state index contributed by atoms with van der Waals surface area (Å²) < 4.78 is 10.4. The van der Waals surface area contributed by atoms with Gasteiger partial charge in [-0.25, -0.2) is 4.79 Å². The van der Waals surface area contributed by atoms with Crippen LogP contribution in [0, 0.1) is 6.92 Å². The van der Waals surface area contributed by atoms with Crippen LogP contribution in [-0.2, 0) is 11.3 Å². The minimum absolute atomic E-state index is 0.0129. The summed E-state index contributed by atoms with van der Waals surface area (Å²) >= 11 is 1.54. The zero-order chi connectivity index (χ0) is 15.5. The molecule has 0 aliphatic heterocycles. The molecular weight excluding hydrogens is 302 g/mol. The number of rotatable bonds is 4. The van der Waals surface area contributed by atoms with E-state index >= 15 is 0 Å². The standard InChI is InChI=1S/C16H13NO4S/c1-10-4-5-12(13(18)7-10)16(19)20-9-11-8-14(21-17-11)15-3-2-6-22-15/h2-8,18H,9H2,1H3. The van der Waals surface area contributed by atoms with E-state index in [2.05, 4.69) is 5.16 Å². The first kappa shape index (κ1) is 14.3. The fourth-order valence-corrected chi connectivity index (χ4v) is 2.62. The second kappa shape index (κ2) is 6.03. The van der Waals surface area contributed by atoms with E-state index in [1.165, 1.54) is 23.5 Å². The van der Waals surface area contributed by atoms with Crippen LogP contribution in [-0.4, -0.2) is 16.2 Å². The smallest absolute Gasteiger partial charge is 0.342 e. The molecule has 0 bridgehead atoms. The second-order valence-electron chi connectivity index (χ2n) is 4.76. The number of aromatic nitrogens is 1. The number of phenols is 1. The molecule has 0 unspecified atom stereocenters. The van der Waals surface area contributed by atoms with E-state index in [-0.39, 0.29) is 17.9 Å². The third-order valence-corrected chi connectivity index (χ3v) is 3.93. The van der Waals surface area contributed by atoms with Gasteiger partial charge < -0.3 is 14.4 Å². The maximum Gasteiger partial charge on any atom is 0.342 e. The Kier molecular flexibility index (Phi) is 3.93. The Morgan fingerprint density at radius 3 is 2.95 bits per heavy atom. The number of aromatic hydroxyl groups is 1. The zero-order valence-electron chi connectivity index (χ0n) is 11.8. The lowest BCUT2D eigenvalue weighted by atomic mass is 10.1. The highest BCUT2D eigenvalue weighted by Gasteiger charge is 2.14. The summed E-state index contributed by atoms with van der Waals surface area (Å²) in [7, 11) is 0. The molecule has 1 aromatic carbocycles. The van der Waals surface area contributed by atoms with Gasteiger partial charge >= 0.3 is 5.97 Å². The quantitative estimate of drug-likeness (QED) is 0.742. The molecule has 22 heavy (non-hydrogen) atoms. The highest BCUT2D eigenvalue weighted by Crippen LogP contribution is 2.25. The molecule has 0 amide bonds. The Hall–Kier alpha value is -2.60. The summed E-state index contributed by atoms with van der Waals surface area (Å²) in [5.74, 6) is -0.0539. The van der Waals surface area contributed by atoms with Crippen LogP contribution in [0.15, 0.2) is 46.3 Å². The van der Waals surface area contributed by atoms with Crippen LogP contribution < -0.4 is 0 Å². The molecule has 6 heteroatoms. The van der Waals surface area contributed by atoms with E-state index in [4.69, 9.17) is 9.26 Å². The summed E-state index contributed by atoms with van der Waals surface area (Å²) in [5, 5.41) is 15.6. The first-order chi connectivity index (χ1) is 10.6. The van der Waals surface area contributed by atoms with E-state index in [1.807, 2.05) is 24.4 Å². The lowest BCUT2D eigenvalue weighted by Crippen LogP contribution is -2.05. The second-order valence-corrected chi connectivity index (χ2v) is 5.70. The van der Waals surface area contributed by atoms with Crippen LogP contribution in [0.25, 0.3) is 10.6 Å². The SMILES string of the molecule is Cc1ccc(C(=O)OCc2cc(-c3cccs3)on2)c(O)c1. The van der Waals surface area contributed by atoms with Gasteiger partial charge in [0.2, 0.25) is 0 Å². The number of carbonyl (C=O) groups excluding carboxylic acids is 1. The molecule has 0 saturated carbocycles. The minimum atomic E-state index is -0.599. The third-order valence-electron chi connectivity index (χ3n) is 3.05. The van der Waals surface area contributed by atoms with E-state index in [1.54, 1.807) is 12.1 Å². The topological polar surface area (TPSA) is 72.6 Å². The Labute approximate surface area is 130 Å². The summed E-state index contributed by atoms with van der Waals surface area (Å²) in [5.41, 5.74) is 1.52. The molecule has 0 aliphatic carbocycles. The molecule has 0 radical (unpaired) electrons. The van der Waals surface area contributed by atoms with Crippen molar-refractivity contribution >= 4 is 17.3 Å². The van der Waals surface area contributed by atoms with Crippen molar-refractivity contribution in [2.75, 3.05) is 0 Å². The van der Waals surface area contributed by atoms with Crippen LogP contribution in [0.1, 0.15) is 21.6 Å². The van der Waals surface area contributed by atoms with Crippen molar-refractivity contribution in [3.63, 3.8) is 0 Å². The predicted molar refractivity (Wildman–Crippen MR) is 81.8 cm³/mol. The van der Waals surface area contributed by atoms with Crippen LogP contribution in [0.4, 0.5) is 0 Å². The fourth-order valence-electron chi connectivity index (χ4n) is 1.95. The van der Waals surface area contributed by atoms with Gasteiger partial charge in [0.1, 0.15) is 23.6 Å². The monoisotopic (exact) mass is 315 g/mol. The molecule has 5 nitrogen and oxygen atoms in total. The number of aryl methyl sites for hydroxylation is 1. The molecular formula is C16H13NO4S. The minimum Gasteiger partial charge on any atom is -0.507 e. The number of hydrogen-bond acceptors (Lipinski definition) is 6. The van der Waals surface area contributed by atoms with Crippen molar-refractivity contribution in [2.24, 2.45) is 0 Å². The highest BCUT2D eigenvalue weighted by atomic mass is 32.1. The van der Waals surface area contributed by atoms with Gasteiger partial charge in [0.15, 0.2) is 5.76 Å². The lowest BCUT2D eigenvalue weighted by Gasteiger charge is -2.05. The van der Waals surface area contributed by atoms with Gasteiger partial charge in [-0.15, -0.1) is 11.3 Å². The Balaban J connectivity index is 1.66. The van der Waals surface area contributed by atoms with Gasteiger partial charge in [-0.2, -0.15) is 0 Å². The average Bonchev–Trinajstić information content (AvgIpc) is 3.16. The van der Waals surface area contributed by atoms with Crippen molar-refractivity contribution in [1.29, 1.82) is 0 Å². The summed E-state index contributed by atoms with van der Waals surface area (Å²) in [6, 6.07) is 10.4. The maximum absolute atomic E-state index is 11.9. The Bertz CT molecular complexity index is 792. The Morgan fingerprint density at radius 1 is 1.36 bits per heavy atom. The summed E-state index contributed by atoms with van der Waals surface area (Å²) in [6.45, 7) is 1.82. The maximum atomic E-state index is 11.9. The zero-order valence-corrected chi connectivity index (χ0v) is 12.6. The number of nitrogens with zero attached hydrogens (tertiary/aromatic N) is 1. The summed E-state index contributed by atoms with van der Waals surface area (Å²) in [6.07, 6.45) is 0. The number of thiophene rings is 1. The van der Waals surface area contributed by atoms with Gasteiger partial charge in [0.25, 0.3) is 0 Å². The fraction of sp³-hybridized carbons (Fsp3) is 0.125. The number of carbonyl (C=O) groups is 1. The molecule has 2 heterocycles. The first-order valence-electron chi connectivity index (χ1n) is 6.59. The molecule has 3 aromatic rings. The average molecular weight is 315 g/mol. The van der Waals surface area contributed by atoms with Crippen molar-refractivity contribution in [2.45, 2.75) is 13.5 Å². The molecule has 2 aromatic heterocycles. The Morgan fingerprint density at radius 2 is 2.23 bits per heavy atom. The van der Waals surface area contributed by atoms with Crippen molar-refractivity contribution in [3.05, 3.63) is 58.6 Å². The van der Waals surface area contributed by atoms with E-state index in [0.29, 0.717) is 11.5 Å². The van der Waals surface area contributed by atoms with E-state index in [9.17, 15) is 9.90 Å². The van der Waals surface area contributed by atoms with Crippen LogP contribution in [0.5, 0.6) is 5.75 Å². The number of esters is 1. The van der Waals surface area contributed by atoms with Crippen molar-refractivity contribution in [3.8, 4) is 16.4 Å². The molecule has 0 aliphatic rings. The predicted octanol–water partition coefficient (Wildman–Crippen LogP) is 3.77. The van der Waals surface area contributed by atoms with E-state index in [0.717, 1.165) is 10.4 Å². The lowest BCUT2D eigenvalue weighted by molar-refractivity contribution is 0.0461. The van der Waals surface area contributed by atoms with Gasteiger partial charge in [0, 0.05) is 6.07 Å². The van der Waals surface area contributed by atoms with Gasteiger partial charge in [0.05, 0.1) is 4.88 Å². The number of ether oxygens (including phenoxy) is 1. The van der Waals surface area contributed by atoms with Crippen molar-refractivity contribution < 1.29 is 19.2 Å². The van der Waals surface area contributed by atoms with Gasteiger partial charge in [-0.3, -0.25) is 0 Å². The normalized spacial score (nSPS) is 10.6. The first-order valence-corrected chi connectivity index (χ1v) is 7.47. The molecule has 0 spiro atoms. The molecule has 0 fully saturated rings. The number of phenolic OH excluding ortho intramolecular Hbond substituents is 1. The summed E-state index contributed by atoms with van der Waals surface area (Å²) in [4.78, 5) is 12.9. The molecule has 0 saturated heterocycles. The number of hydrogen-bond donors (Lipinski definition) is 1.